The standard InChI is InChI=1S/C11H15N3OS.C11H23NO.C2H6/c1-7(12)9-10(14(2)3)8(6-15)5-13-11(9)16-4;1-5-7-8-9-10(3)12(4)11(13)6-2;1-2/h5-6H,1,12H2,2-4H3;10H,5-9H2,1-4H3;1-2H3. The minimum atomic E-state index is 0.254. The summed E-state index contributed by atoms with van der Waals surface area (Å²) in [4.78, 5) is 30.2. The number of unbranched alkanes of at least 4 members (excludes halogenated alkanes) is 2. The van der Waals surface area contributed by atoms with E-state index in [0.29, 0.717) is 23.7 Å². The quantitative estimate of drug-likeness (QED) is 0.288. The second-order valence-electron chi connectivity index (χ2n) is 7.19. The molecule has 0 aliphatic rings. The first-order valence-corrected chi connectivity index (χ1v) is 12.3. The van der Waals surface area contributed by atoms with Gasteiger partial charge in [0.15, 0.2) is 6.29 Å². The molecule has 0 aliphatic heterocycles. The van der Waals surface area contributed by atoms with Crippen molar-refractivity contribution in [1.29, 1.82) is 0 Å². The van der Waals surface area contributed by atoms with Gasteiger partial charge >= 0.3 is 0 Å². The van der Waals surface area contributed by atoms with Crippen molar-refractivity contribution in [2.45, 2.75) is 77.8 Å². The summed E-state index contributed by atoms with van der Waals surface area (Å²) in [5.41, 5.74) is 8.20. The molecule has 0 saturated heterocycles. The van der Waals surface area contributed by atoms with Gasteiger partial charge in [-0.25, -0.2) is 4.98 Å². The lowest BCUT2D eigenvalue weighted by atomic mass is 10.1. The number of carbonyl (C=O) groups excluding carboxylic acids is 2. The summed E-state index contributed by atoms with van der Waals surface area (Å²) in [6.45, 7) is 14.0. The van der Waals surface area contributed by atoms with E-state index in [1.54, 1.807) is 6.20 Å². The lowest BCUT2D eigenvalue weighted by Crippen LogP contribution is -2.34. The molecule has 0 radical (unpaired) electrons. The zero-order valence-corrected chi connectivity index (χ0v) is 21.9. The minimum Gasteiger partial charge on any atom is -0.399 e. The van der Waals surface area contributed by atoms with Crippen LogP contribution >= 0.6 is 11.8 Å². The van der Waals surface area contributed by atoms with Crippen LogP contribution in [-0.4, -0.2) is 55.5 Å². The minimum absolute atomic E-state index is 0.254. The molecule has 0 spiro atoms. The molecule has 2 N–H and O–H groups in total. The van der Waals surface area contributed by atoms with Crippen LogP contribution in [0.3, 0.4) is 0 Å². The van der Waals surface area contributed by atoms with Gasteiger partial charge in [0, 0.05) is 45.5 Å². The van der Waals surface area contributed by atoms with Crippen molar-refractivity contribution in [2.75, 3.05) is 32.3 Å². The predicted molar refractivity (Wildman–Crippen MR) is 137 cm³/mol. The Hall–Kier alpha value is -2.02. The second-order valence-corrected chi connectivity index (χ2v) is 7.98. The SMILES string of the molecule is C=C(N)c1c(SC)ncc(C=O)c1N(C)C.CC.CCCCCC(C)N(C)C(=O)CC. The van der Waals surface area contributed by atoms with E-state index in [1.807, 2.05) is 58.0 Å². The van der Waals surface area contributed by atoms with Crippen LogP contribution in [0.4, 0.5) is 5.69 Å². The highest BCUT2D eigenvalue weighted by molar-refractivity contribution is 7.98. The summed E-state index contributed by atoms with van der Waals surface area (Å²) < 4.78 is 0. The van der Waals surface area contributed by atoms with Crippen LogP contribution in [-0.2, 0) is 4.79 Å². The molecule has 1 aromatic heterocycles. The Kier molecular flexibility index (Phi) is 17.7. The summed E-state index contributed by atoms with van der Waals surface area (Å²) in [6, 6.07) is 0.402. The number of amides is 1. The van der Waals surface area contributed by atoms with E-state index in [1.165, 1.54) is 31.0 Å². The van der Waals surface area contributed by atoms with E-state index in [0.717, 1.165) is 29.0 Å². The predicted octanol–water partition coefficient (Wildman–Crippen LogP) is 5.46. The van der Waals surface area contributed by atoms with E-state index in [-0.39, 0.29) is 5.91 Å². The molecule has 1 rings (SSSR count). The third kappa shape index (κ3) is 10.7. The first-order chi connectivity index (χ1) is 14.7. The Balaban J connectivity index is 0. The molecule has 1 aromatic rings. The molecule has 0 aromatic carbocycles. The van der Waals surface area contributed by atoms with Crippen molar-refractivity contribution in [3.8, 4) is 0 Å². The summed E-state index contributed by atoms with van der Waals surface area (Å²) in [5.74, 6) is 0.254. The number of aldehydes is 1. The maximum atomic E-state index is 11.3. The molecule has 7 heteroatoms. The van der Waals surface area contributed by atoms with Gasteiger partial charge in [-0.15, -0.1) is 11.8 Å². The monoisotopic (exact) mass is 452 g/mol. The average Bonchev–Trinajstić information content (AvgIpc) is 2.78. The van der Waals surface area contributed by atoms with Crippen molar-refractivity contribution >= 4 is 35.3 Å². The average molecular weight is 453 g/mol. The second kappa shape index (κ2) is 17.6. The number of anilines is 1. The number of hydrogen-bond donors (Lipinski definition) is 1. The van der Waals surface area contributed by atoms with Crippen LogP contribution in [0.25, 0.3) is 5.70 Å². The van der Waals surface area contributed by atoms with Crippen molar-refractivity contribution in [3.63, 3.8) is 0 Å². The van der Waals surface area contributed by atoms with Crippen LogP contribution in [0, 0.1) is 0 Å². The van der Waals surface area contributed by atoms with Crippen LogP contribution in [0.15, 0.2) is 17.8 Å². The van der Waals surface area contributed by atoms with E-state index >= 15 is 0 Å². The van der Waals surface area contributed by atoms with E-state index < -0.39 is 0 Å². The maximum absolute atomic E-state index is 11.3. The summed E-state index contributed by atoms with van der Waals surface area (Å²) in [7, 11) is 5.63. The molecule has 6 nitrogen and oxygen atoms in total. The zero-order valence-electron chi connectivity index (χ0n) is 21.1. The lowest BCUT2D eigenvalue weighted by Gasteiger charge is -2.24. The van der Waals surface area contributed by atoms with Gasteiger partial charge < -0.3 is 15.5 Å². The molecule has 0 saturated carbocycles. The number of rotatable bonds is 10. The Morgan fingerprint density at radius 1 is 1.26 bits per heavy atom. The van der Waals surface area contributed by atoms with Gasteiger partial charge in [-0.3, -0.25) is 9.59 Å². The Morgan fingerprint density at radius 3 is 2.23 bits per heavy atom. The first kappa shape index (κ1) is 31.2. The highest BCUT2D eigenvalue weighted by Gasteiger charge is 2.17. The fourth-order valence-corrected chi connectivity index (χ4v) is 3.48. The van der Waals surface area contributed by atoms with Crippen molar-refractivity contribution in [2.24, 2.45) is 5.73 Å². The van der Waals surface area contributed by atoms with Crippen LogP contribution in [0.2, 0.25) is 0 Å². The van der Waals surface area contributed by atoms with Crippen molar-refractivity contribution in [3.05, 3.63) is 23.9 Å². The molecule has 1 unspecified atom stereocenters. The maximum Gasteiger partial charge on any atom is 0.222 e. The summed E-state index contributed by atoms with van der Waals surface area (Å²) >= 11 is 1.48. The van der Waals surface area contributed by atoms with E-state index in [9.17, 15) is 9.59 Å². The number of pyridine rings is 1. The first-order valence-electron chi connectivity index (χ1n) is 11.1. The van der Waals surface area contributed by atoms with Crippen LogP contribution in [0.1, 0.15) is 82.6 Å². The van der Waals surface area contributed by atoms with Gasteiger partial charge in [0.05, 0.1) is 16.8 Å². The van der Waals surface area contributed by atoms with Gasteiger partial charge in [-0.2, -0.15) is 0 Å². The Morgan fingerprint density at radius 2 is 1.84 bits per heavy atom. The lowest BCUT2D eigenvalue weighted by molar-refractivity contribution is -0.131. The largest absolute Gasteiger partial charge is 0.399 e. The Labute approximate surface area is 194 Å². The van der Waals surface area contributed by atoms with Gasteiger partial charge in [-0.05, 0) is 19.6 Å². The van der Waals surface area contributed by atoms with Crippen LogP contribution in [0.5, 0.6) is 0 Å². The van der Waals surface area contributed by atoms with Gasteiger partial charge in [0.2, 0.25) is 5.91 Å². The third-order valence-electron chi connectivity index (χ3n) is 4.72. The molecule has 0 fully saturated rings. The number of hydrogen-bond acceptors (Lipinski definition) is 6. The highest BCUT2D eigenvalue weighted by Crippen LogP contribution is 2.32. The molecule has 178 valence electrons. The van der Waals surface area contributed by atoms with E-state index in [4.69, 9.17) is 5.73 Å². The number of nitrogens with zero attached hydrogens (tertiary/aromatic N) is 3. The van der Waals surface area contributed by atoms with Gasteiger partial charge in [0.1, 0.15) is 5.03 Å². The number of nitrogens with two attached hydrogens (primary N) is 1. The topological polar surface area (TPSA) is 79.5 Å². The normalized spacial score (nSPS) is 10.6. The highest BCUT2D eigenvalue weighted by atomic mass is 32.2. The summed E-state index contributed by atoms with van der Waals surface area (Å²) in [6.07, 6.45) is 9.76. The number of thioether (sulfide) groups is 1. The van der Waals surface area contributed by atoms with Gasteiger partial charge in [0.25, 0.3) is 0 Å². The fourth-order valence-electron chi connectivity index (χ4n) is 2.89. The molecule has 1 amide bonds. The van der Waals surface area contributed by atoms with Gasteiger partial charge in [-0.1, -0.05) is 53.5 Å². The number of carbonyl (C=O) groups is 2. The molecule has 0 bridgehead atoms. The zero-order chi connectivity index (χ0) is 24.6. The molecular formula is C24H44N4O2S. The summed E-state index contributed by atoms with van der Waals surface area (Å²) in [5, 5.41) is 0.779. The van der Waals surface area contributed by atoms with Crippen molar-refractivity contribution in [1.82, 2.24) is 9.88 Å². The third-order valence-corrected chi connectivity index (χ3v) is 5.41. The smallest absolute Gasteiger partial charge is 0.222 e. The molecular weight excluding hydrogens is 408 g/mol. The molecule has 1 atom stereocenters. The fraction of sp³-hybridized carbons (Fsp3) is 0.625. The molecule has 1 heterocycles. The van der Waals surface area contributed by atoms with Crippen molar-refractivity contribution < 1.29 is 9.59 Å². The Bertz CT molecular complexity index is 678. The number of aromatic nitrogens is 1. The molecule has 31 heavy (non-hydrogen) atoms. The molecule has 0 aliphatic carbocycles. The van der Waals surface area contributed by atoms with E-state index in [2.05, 4.69) is 25.4 Å². The van der Waals surface area contributed by atoms with Crippen LogP contribution < -0.4 is 10.6 Å².